The molecule has 11 heteroatoms. The van der Waals surface area contributed by atoms with Crippen molar-refractivity contribution < 1.29 is 19.2 Å². The average molecular weight is 500 g/mol. The van der Waals surface area contributed by atoms with Crippen LogP contribution in [0.1, 0.15) is 53.0 Å². The second-order valence-corrected chi connectivity index (χ2v) is 9.44. The standard InChI is InChI=1S/C17H15ClN4S.C6H7NO4/c1-9-10(2)23-17-15(9)16(12-4-6-13(18)7-5-12)19-8-14-21-20-11(3)22(14)17;1-4(8)11-7-5(9)2-3-6(7)10/h4-7H,8H2,1-3H3;2-3H2,1H3. The number of amides is 2. The van der Waals surface area contributed by atoms with Crippen molar-refractivity contribution in [2.75, 3.05) is 0 Å². The molecular formula is C23H22ClN5O4S. The number of nitrogens with zero attached hydrogens (tertiary/aromatic N) is 5. The predicted molar refractivity (Wildman–Crippen MR) is 127 cm³/mol. The number of aryl methyl sites for hydroxylation is 2. The van der Waals surface area contributed by atoms with Gasteiger partial charge < -0.3 is 4.84 Å². The van der Waals surface area contributed by atoms with Gasteiger partial charge in [0.15, 0.2) is 5.82 Å². The molecule has 1 saturated heterocycles. The van der Waals surface area contributed by atoms with Gasteiger partial charge in [0.1, 0.15) is 17.4 Å². The highest BCUT2D eigenvalue weighted by Crippen LogP contribution is 2.36. The number of rotatable bonds is 2. The maximum atomic E-state index is 10.7. The van der Waals surface area contributed by atoms with Crippen molar-refractivity contribution in [3.63, 3.8) is 0 Å². The molecule has 9 nitrogen and oxygen atoms in total. The number of carbonyl (C=O) groups excluding carboxylic acids is 3. The molecular weight excluding hydrogens is 478 g/mol. The summed E-state index contributed by atoms with van der Waals surface area (Å²) in [6, 6.07) is 7.86. The van der Waals surface area contributed by atoms with Crippen LogP contribution in [0.4, 0.5) is 0 Å². The summed E-state index contributed by atoms with van der Waals surface area (Å²) < 4.78 is 2.13. The summed E-state index contributed by atoms with van der Waals surface area (Å²) in [5, 5.41) is 10.9. The number of thiophene rings is 1. The Balaban J connectivity index is 0.000000210. The third-order valence-corrected chi connectivity index (χ3v) is 6.86. The molecule has 0 radical (unpaired) electrons. The van der Waals surface area contributed by atoms with E-state index < -0.39 is 17.8 Å². The first kappa shape index (κ1) is 23.8. The van der Waals surface area contributed by atoms with E-state index in [4.69, 9.17) is 16.6 Å². The minimum Gasteiger partial charge on any atom is -0.331 e. The second-order valence-electron chi connectivity index (χ2n) is 7.80. The van der Waals surface area contributed by atoms with Crippen LogP contribution in [0.2, 0.25) is 5.02 Å². The number of hydrogen-bond donors (Lipinski definition) is 0. The number of hydrogen-bond acceptors (Lipinski definition) is 8. The van der Waals surface area contributed by atoms with Crippen molar-refractivity contribution >= 4 is 46.4 Å². The Hall–Kier alpha value is -3.37. The maximum Gasteiger partial charge on any atom is 0.330 e. The molecule has 2 aliphatic rings. The summed E-state index contributed by atoms with van der Waals surface area (Å²) in [6.45, 7) is 7.95. The van der Waals surface area contributed by atoms with Gasteiger partial charge in [0.05, 0.1) is 5.71 Å². The average Bonchev–Trinajstić information content (AvgIpc) is 3.37. The van der Waals surface area contributed by atoms with Crippen molar-refractivity contribution in [2.45, 2.75) is 47.1 Å². The van der Waals surface area contributed by atoms with Crippen LogP contribution < -0.4 is 0 Å². The van der Waals surface area contributed by atoms with E-state index in [-0.39, 0.29) is 12.8 Å². The third kappa shape index (κ3) is 4.51. The van der Waals surface area contributed by atoms with Crippen LogP contribution in [0.25, 0.3) is 5.00 Å². The van der Waals surface area contributed by atoms with Crippen LogP contribution in [-0.2, 0) is 25.8 Å². The molecule has 4 heterocycles. The fourth-order valence-corrected chi connectivity index (χ4v) is 5.03. The molecule has 2 aromatic heterocycles. The zero-order chi connectivity index (χ0) is 24.6. The van der Waals surface area contributed by atoms with Crippen molar-refractivity contribution in [1.29, 1.82) is 0 Å². The van der Waals surface area contributed by atoms with E-state index in [0.29, 0.717) is 11.6 Å². The lowest BCUT2D eigenvalue weighted by molar-refractivity contribution is -0.195. The third-order valence-electron chi connectivity index (χ3n) is 5.42. The highest BCUT2D eigenvalue weighted by molar-refractivity contribution is 7.15. The summed E-state index contributed by atoms with van der Waals surface area (Å²) >= 11 is 7.80. The van der Waals surface area contributed by atoms with Crippen molar-refractivity contribution in [1.82, 2.24) is 19.8 Å². The molecule has 1 fully saturated rings. The minimum absolute atomic E-state index is 0.131. The number of imide groups is 1. The van der Waals surface area contributed by atoms with Crippen LogP contribution in [0.3, 0.4) is 0 Å². The van der Waals surface area contributed by atoms with E-state index in [2.05, 4.69) is 33.4 Å². The Morgan fingerprint density at radius 1 is 1.06 bits per heavy atom. The van der Waals surface area contributed by atoms with E-state index in [1.54, 1.807) is 11.3 Å². The van der Waals surface area contributed by atoms with E-state index in [1.807, 2.05) is 31.2 Å². The Morgan fingerprint density at radius 2 is 1.71 bits per heavy atom. The van der Waals surface area contributed by atoms with Gasteiger partial charge in [0.2, 0.25) is 0 Å². The SMILES string of the molecule is CC(=O)ON1C(=O)CCC1=O.Cc1sc2c(c1C)C(c1ccc(Cl)cc1)=NCc1nnc(C)n1-2. The van der Waals surface area contributed by atoms with Crippen molar-refractivity contribution in [3.8, 4) is 5.00 Å². The molecule has 2 aliphatic heterocycles. The van der Waals surface area contributed by atoms with Gasteiger partial charge in [-0.05, 0) is 38.5 Å². The molecule has 0 bridgehead atoms. The van der Waals surface area contributed by atoms with Crippen LogP contribution in [0.15, 0.2) is 29.3 Å². The van der Waals surface area contributed by atoms with Crippen molar-refractivity contribution in [3.05, 3.63) is 62.5 Å². The first-order valence-electron chi connectivity index (χ1n) is 10.5. The van der Waals surface area contributed by atoms with Gasteiger partial charge in [-0.3, -0.25) is 19.1 Å². The highest BCUT2D eigenvalue weighted by Gasteiger charge is 2.32. The Morgan fingerprint density at radius 3 is 2.32 bits per heavy atom. The molecule has 0 spiro atoms. The molecule has 34 heavy (non-hydrogen) atoms. The van der Waals surface area contributed by atoms with Gasteiger partial charge in [0.25, 0.3) is 11.8 Å². The number of aromatic nitrogens is 3. The number of fused-ring (bicyclic) bond motifs is 3. The van der Waals surface area contributed by atoms with E-state index in [1.165, 1.54) is 16.0 Å². The lowest BCUT2D eigenvalue weighted by atomic mass is 10.00. The summed E-state index contributed by atoms with van der Waals surface area (Å²) in [7, 11) is 0. The number of halogens is 1. The second kappa shape index (κ2) is 9.47. The highest BCUT2D eigenvalue weighted by atomic mass is 35.5. The van der Waals surface area contributed by atoms with E-state index >= 15 is 0 Å². The van der Waals surface area contributed by atoms with Crippen LogP contribution in [0.5, 0.6) is 0 Å². The largest absolute Gasteiger partial charge is 0.331 e. The molecule has 3 aromatic rings. The lowest BCUT2D eigenvalue weighted by Gasteiger charge is -2.09. The van der Waals surface area contributed by atoms with Gasteiger partial charge in [-0.15, -0.1) is 26.6 Å². The van der Waals surface area contributed by atoms with Crippen molar-refractivity contribution in [2.24, 2.45) is 4.99 Å². The maximum absolute atomic E-state index is 10.7. The van der Waals surface area contributed by atoms with Crippen LogP contribution >= 0.6 is 22.9 Å². The zero-order valence-electron chi connectivity index (χ0n) is 19.1. The van der Waals surface area contributed by atoms with Gasteiger partial charge in [-0.1, -0.05) is 23.7 Å². The Kier molecular flexibility index (Phi) is 6.63. The fourth-order valence-electron chi connectivity index (χ4n) is 3.68. The van der Waals surface area contributed by atoms with Gasteiger partial charge in [0, 0.05) is 40.8 Å². The molecule has 2 amide bonds. The molecule has 0 aliphatic carbocycles. The monoisotopic (exact) mass is 499 g/mol. The molecule has 0 saturated carbocycles. The molecule has 0 N–H and O–H groups in total. The van der Waals surface area contributed by atoms with E-state index in [0.717, 1.165) is 39.9 Å². The Labute approximate surface area is 205 Å². The molecule has 0 atom stereocenters. The first-order valence-corrected chi connectivity index (χ1v) is 11.7. The van der Waals surface area contributed by atoms with E-state index in [9.17, 15) is 14.4 Å². The van der Waals surface area contributed by atoms with Gasteiger partial charge in [-0.25, -0.2) is 4.79 Å². The number of hydroxylamine groups is 2. The lowest BCUT2D eigenvalue weighted by Crippen LogP contribution is -2.30. The van der Waals surface area contributed by atoms with Crippen LogP contribution in [0, 0.1) is 20.8 Å². The number of aliphatic imine (C=N–C) groups is 1. The number of benzene rings is 1. The smallest absolute Gasteiger partial charge is 0.330 e. The quantitative estimate of drug-likeness (QED) is 0.495. The summed E-state index contributed by atoms with van der Waals surface area (Å²) in [6.07, 6.45) is 0.262. The van der Waals surface area contributed by atoms with Gasteiger partial charge in [-0.2, -0.15) is 0 Å². The molecule has 0 unspecified atom stereocenters. The van der Waals surface area contributed by atoms with Crippen LogP contribution in [-0.4, -0.2) is 43.3 Å². The summed E-state index contributed by atoms with van der Waals surface area (Å²) in [4.78, 5) is 42.3. The number of carbonyl (C=O) groups is 3. The fraction of sp³-hybridized carbons (Fsp3) is 0.304. The topological polar surface area (TPSA) is 107 Å². The molecule has 1 aromatic carbocycles. The molecule has 5 rings (SSSR count). The first-order chi connectivity index (χ1) is 16.2. The Bertz CT molecular complexity index is 1310. The normalized spacial score (nSPS) is 14.6. The summed E-state index contributed by atoms with van der Waals surface area (Å²) in [5.74, 6) is 0.216. The minimum atomic E-state index is -0.659. The predicted octanol–water partition coefficient (Wildman–Crippen LogP) is 3.87. The van der Waals surface area contributed by atoms with Gasteiger partial charge >= 0.3 is 5.97 Å². The summed E-state index contributed by atoms with van der Waals surface area (Å²) in [5.41, 5.74) is 4.52. The molecule has 176 valence electrons. The zero-order valence-corrected chi connectivity index (χ0v) is 20.7.